The van der Waals surface area contributed by atoms with E-state index in [0.29, 0.717) is 22.1 Å². The summed E-state index contributed by atoms with van der Waals surface area (Å²) in [5, 5.41) is 6.40. The third-order valence-electron chi connectivity index (χ3n) is 5.28. The van der Waals surface area contributed by atoms with Gasteiger partial charge in [-0.2, -0.15) is 5.10 Å². The summed E-state index contributed by atoms with van der Waals surface area (Å²) in [6.45, 7) is 1.64. The topological polar surface area (TPSA) is 86.2 Å². The minimum Gasteiger partial charge on any atom is -0.493 e. The monoisotopic (exact) mass is 502 g/mol. The number of methoxy groups -OCH3 is 1. The van der Waals surface area contributed by atoms with E-state index in [1.165, 1.54) is 13.3 Å². The highest BCUT2D eigenvalue weighted by atomic mass is 35.5. The number of hydrazone groups is 1. The number of ether oxygens (including phenoxy) is 3. The Morgan fingerprint density at radius 1 is 0.917 bits per heavy atom. The van der Waals surface area contributed by atoms with Crippen LogP contribution in [-0.2, 0) is 4.79 Å². The first kappa shape index (κ1) is 24.8. The summed E-state index contributed by atoms with van der Waals surface area (Å²) in [4.78, 5) is 24.9. The van der Waals surface area contributed by atoms with Gasteiger partial charge in [0.2, 0.25) is 0 Å². The van der Waals surface area contributed by atoms with Crippen LogP contribution in [0.3, 0.4) is 0 Å². The van der Waals surface area contributed by atoms with Crippen LogP contribution in [0, 0.1) is 0 Å². The number of halogens is 1. The van der Waals surface area contributed by atoms with Gasteiger partial charge in [0.25, 0.3) is 5.91 Å². The molecule has 0 fully saturated rings. The van der Waals surface area contributed by atoms with E-state index in [-0.39, 0.29) is 11.3 Å². The van der Waals surface area contributed by atoms with Gasteiger partial charge >= 0.3 is 5.97 Å². The average Bonchev–Trinajstić information content (AvgIpc) is 2.89. The highest BCUT2D eigenvalue weighted by molar-refractivity contribution is 6.33. The maximum Gasteiger partial charge on any atom is 0.345 e. The van der Waals surface area contributed by atoms with Gasteiger partial charge in [-0.05, 0) is 65.7 Å². The summed E-state index contributed by atoms with van der Waals surface area (Å²) in [5.41, 5.74) is 3.33. The first-order chi connectivity index (χ1) is 17.4. The third-order valence-corrected chi connectivity index (χ3v) is 5.61. The number of fused-ring (bicyclic) bond motifs is 1. The number of carbonyl (C=O) groups excluding carboxylic acids is 2. The van der Waals surface area contributed by atoms with Gasteiger partial charge in [-0.1, -0.05) is 54.1 Å². The Labute approximate surface area is 213 Å². The van der Waals surface area contributed by atoms with Gasteiger partial charge in [-0.25, -0.2) is 10.2 Å². The first-order valence-corrected chi connectivity index (χ1v) is 11.5. The molecule has 0 aliphatic rings. The molecule has 0 aliphatic carbocycles. The van der Waals surface area contributed by atoms with Gasteiger partial charge in [0, 0.05) is 0 Å². The molecule has 0 unspecified atom stereocenters. The maximum absolute atomic E-state index is 12.4. The minimum atomic E-state index is -0.760. The molecule has 0 aromatic heterocycles. The molecule has 0 aliphatic heterocycles. The molecule has 0 heterocycles. The number of nitrogens with zero attached hydrogens (tertiary/aromatic N) is 1. The average molecular weight is 503 g/mol. The summed E-state index contributed by atoms with van der Waals surface area (Å²) in [5.74, 6) is 0.122. The van der Waals surface area contributed by atoms with Crippen molar-refractivity contribution in [1.82, 2.24) is 5.43 Å². The number of nitrogens with one attached hydrogen (secondary N) is 1. The van der Waals surface area contributed by atoms with E-state index in [2.05, 4.69) is 10.5 Å². The van der Waals surface area contributed by atoms with Gasteiger partial charge in [0.1, 0.15) is 5.75 Å². The predicted molar refractivity (Wildman–Crippen MR) is 139 cm³/mol. The van der Waals surface area contributed by atoms with Crippen molar-refractivity contribution in [2.75, 3.05) is 7.11 Å². The van der Waals surface area contributed by atoms with E-state index in [1.54, 1.807) is 49.4 Å². The van der Waals surface area contributed by atoms with Crippen molar-refractivity contribution in [3.8, 4) is 17.2 Å². The van der Waals surface area contributed by atoms with Crippen LogP contribution < -0.4 is 19.6 Å². The molecule has 0 radical (unpaired) electrons. The Morgan fingerprint density at radius 3 is 2.44 bits per heavy atom. The Morgan fingerprint density at radius 2 is 1.67 bits per heavy atom. The molecular formula is C28H23ClN2O5. The van der Waals surface area contributed by atoms with E-state index in [4.69, 9.17) is 25.8 Å². The maximum atomic E-state index is 12.4. The molecule has 1 atom stereocenters. The molecule has 7 nitrogen and oxygen atoms in total. The van der Waals surface area contributed by atoms with E-state index in [1.807, 2.05) is 42.5 Å². The molecule has 182 valence electrons. The minimum absolute atomic E-state index is 0.223. The second-order valence-electron chi connectivity index (χ2n) is 7.78. The Balaban J connectivity index is 1.36. The molecule has 4 aromatic carbocycles. The van der Waals surface area contributed by atoms with E-state index < -0.39 is 18.0 Å². The molecule has 1 amide bonds. The van der Waals surface area contributed by atoms with Crippen LogP contribution in [0.15, 0.2) is 90.0 Å². The Kier molecular flexibility index (Phi) is 7.82. The second kappa shape index (κ2) is 11.4. The summed E-state index contributed by atoms with van der Waals surface area (Å²) in [6.07, 6.45) is 0.687. The van der Waals surface area contributed by atoms with Gasteiger partial charge in [0.05, 0.1) is 23.9 Å². The normalized spacial score (nSPS) is 11.8. The van der Waals surface area contributed by atoms with Gasteiger partial charge in [-0.15, -0.1) is 0 Å². The molecule has 1 N–H and O–H groups in total. The van der Waals surface area contributed by atoms with Crippen LogP contribution in [0.4, 0.5) is 0 Å². The van der Waals surface area contributed by atoms with Crippen molar-refractivity contribution in [3.63, 3.8) is 0 Å². The fourth-order valence-electron chi connectivity index (χ4n) is 3.39. The van der Waals surface area contributed by atoms with Crippen molar-refractivity contribution in [2.45, 2.75) is 13.0 Å². The molecule has 4 rings (SSSR count). The number of benzene rings is 4. The van der Waals surface area contributed by atoms with Crippen molar-refractivity contribution < 1.29 is 23.8 Å². The summed E-state index contributed by atoms with van der Waals surface area (Å²) in [6, 6.07) is 25.0. The number of rotatable bonds is 8. The lowest BCUT2D eigenvalue weighted by Crippen LogP contribution is -2.33. The summed E-state index contributed by atoms with van der Waals surface area (Å²) in [7, 11) is 1.46. The zero-order valence-electron chi connectivity index (χ0n) is 19.6. The zero-order chi connectivity index (χ0) is 25.5. The number of esters is 1. The van der Waals surface area contributed by atoms with Crippen LogP contribution in [0.5, 0.6) is 17.2 Å². The second-order valence-corrected chi connectivity index (χ2v) is 8.19. The number of hydrogen-bond donors (Lipinski definition) is 1. The highest BCUT2D eigenvalue weighted by Crippen LogP contribution is 2.29. The summed E-state index contributed by atoms with van der Waals surface area (Å²) >= 11 is 6.06. The van der Waals surface area contributed by atoms with Crippen LogP contribution >= 0.6 is 11.6 Å². The summed E-state index contributed by atoms with van der Waals surface area (Å²) < 4.78 is 16.5. The molecule has 0 saturated carbocycles. The van der Waals surface area contributed by atoms with Crippen LogP contribution in [0.1, 0.15) is 22.8 Å². The Bertz CT molecular complexity index is 1440. The number of hydrogen-bond acceptors (Lipinski definition) is 6. The SMILES string of the molecule is COc1cc(/C=N\NC(=O)[C@H](C)Oc2ccc3ccccc3c2)ccc1OC(=O)c1ccccc1Cl. The van der Waals surface area contributed by atoms with E-state index in [9.17, 15) is 9.59 Å². The largest absolute Gasteiger partial charge is 0.493 e. The lowest BCUT2D eigenvalue weighted by atomic mass is 10.1. The lowest BCUT2D eigenvalue weighted by molar-refractivity contribution is -0.127. The molecule has 0 bridgehead atoms. The van der Waals surface area contributed by atoms with Crippen LogP contribution in [0.25, 0.3) is 10.8 Å². The molecular weight excluding hydrogens is 480 g/mol. The lowest BCUT2D eigenvalue weighted by Gasteiger charge is -2.13. The van der Waals surface area contributed by atoms with Gasteiger partial charge in [-0.3, -0.25) is 4.79 Å². The van der Waals surface area contributed by atoms with Crippen molar-refractivity contribution in [3.05, 3.63) is 101 Å². The predicted octanol–water partition coefficient (Wildman–Crippen LogP) is 5.64. The first-order valence-electron chi connectivity index (χ1n) is 11.1. The van der Waals surface area contributed by atoms with E-state index >= 15 is 0 Å². The van der Waals surface area contributed by atoms with Crippen molar-refractivity contribution in [1.29, 1.82) is 0 Å². The quantitative estimate of drug-likeness (QED) is 0.146. The van der Waals surface area contributed by atoms with Gasteiger partial charge in [0.15, 0.2) is 17.6 Å². The third kappa shape index (κ3) is 6.00. The standard InChI is InChI=1S/C28H23ClN2O5/c1-18(35-22-13-12-20-7-3-4-8-21(20)16-22)27(32)31-30-17-19-11-14-25(26(15-19)34-2)36-28(33)23-9-5-6-10-24(23)29/h3-18H,1-2H3,(H,31,32)/b30-17-/t18-/m0/s1. The zero-order valence-corrected chi connectivity index (χ0v) is 20.4. The Hall–Kier alpha value is -4.36. The molecule has 0 saturated heterocycles. The fourth-order valence-corrected chi connectivity index (χ4v) is 3.60. The van der Waals surface area contributed by atoms with E-state index in [0.717, 1.165) is 10.8 Å². The van der Waals surface area contributed by atoms with Crippen molar-refractivity contribution >= 4 is 40.5 Å². The number of carbonyl (C=O) groups is 2. The fraction of sp³-hybridized carbons (Fsp3) is 0.107. The van der Waals surface area contributed by atoms with Crippen molar-refractivity contribution in [2.24, 2.45) is 5.10 Å². The van der Waals surface area contributed by atoms with Crippen LogP contribution in [0.2, 0.25) is 5.02 Å². The number of amides is 1. The molecule has 8 heteroatoms. The van der Waals surface area contributed by atoms with Gasteiger partial charge < -0.3 is 14.2 Å². The molecule has 0 spiro atoms. The smallest absolute Gasteiger partial charge is 0.345 e. The molecule has 4 aromatic rings. The highest BCUT2D eigenvalue weighted by Gasteiger charge is 2.16. The van der Waals surface area contributed by atoms with Crippen LogP contribution in [-0.4, -0.2) is 31.3 Å². The molecule has 36 heavy (non-hydrogen) atoms.